The first-order valence-corrected chi connectivity index (χ1v) is 9.47. The van der Waals surface area contributed by atoms with Crippen LogP contribution >= 0.6 is 0 Å². The van der Waals surface area contributed by atoms with Gasteiger partial charge in [-0.2, -0.15) is 0 Å². The Bertz CT molecular complexity index is 971. The maximum absolute atomic E-state index is 13.0. The van der Waals surface area contributed by atoms with Crippen LogP contribution in [0.4, 0.5) is 0 Å². The predicted molar refractivity (Wildman–Crippen MR) is 109 cm³/mol. The number of hydrogen-bond donors (Lipinski definition) is 0. The van der Waals surface area contributed by atoms with Crippen LogP contribution in [0.15, 0.2) is 67.1 Å². The fourth-order valence-electron chi connectivity index (χ4n) is 4.08. The van der Waals surface area contributed by atoms with E-state index in [4.69, 9.17) is 0 Å². The molecule has 0 N–H and O–H groups in total. The molecule has 1 aliphatic carbocycles. The van der Waals surface area contributed by atoms with Gasteiger partial charge >= 0.3 is 0 Å². The SMILES string of the molecule is CN(CC1(c2ccccc2)CC1(C)C)C(=O)c1cnc(-c2ccccn2)nc1. The molecule has 0 bridgehead atoms. The monoisotopic (exact) mass is 372 g/mol. The Morgan fingerprint density at radius 3 is 2.21 bits per heavy atom. The first-order valence-electron chi connectivity index (χ1n) is 9.47. The Kier molecular flexibility index (Phi) is 4.46. The molecule has 2 aromatic heterocycles. The number of benzene rings is 1. The standard InChI is InChI=1S/C23H24N4O/c1-22(2)15-23(22,18-9-5-4-6-10-18)16-27(3)21(28)17-13-25-20(26-14-17)19-11-7-8-12-24-19/h4-14H,15-16H2,1-3H3. The maximum atomic E-state index is 13.0. The van der Waals surface area contributed by atoms with Crippen LogP contribution in [0.2, 0.25) is 0 Å². The number of aromatic nitrogens is 3. The lowest BCUT2D eigenvalue weighted by atomic mass is 9.87. The molecular weight excluding hydrogens is 348 g/mol. The van der Waals surface area contributed by atoms with Gasteiger partial charge in [0.25, 0.3) is 5.91 Å². The molecule has 28 heavy (non-hydrogen) atoms. The van der Waals surface area contributed by atoms with Crippen molar-refractivity contribution in [3.05, 3.63) is 78.2 Å². The predicted octanol–water partition coefficient (Wildman–Crippen LogP) is 3.98. The molecule has 3 aromatic rings. The van der Waals surface area contributed by atoms with Crippen LogP contribution in [0.3, 0.4) is 0 Å². The molecule has 1 aromatic carbocycles. The molecule has 2 heterocycles. The van der Waals surface area contributed by atoms with Crippen LogP contribution in [-0.4, -0.2) is 39.4 Å². The summed E-state index contributed by atoms with van der Waals surface area (Å²) in [5.74, 6) is 0.453. The van der Waals surface area contributed by atoms with Crippen molar-refractivity contribution < 1.29 is 4.79 Å². The van der Waals surface area contributed by atoms with Gasteiger partial charge in [0.15, 0.2) is 5.82 Å². The Morgan fingerprint density at radius 1 is 1.00 bits per heavy atom. The average Bonchev–Trinajstić information content (AvgIpc) is 3.30. The van der Waals surface area contributed by atoms with E-state index >= 15 is 0 Å². The lowest BCUT2D eigenvalue weighted by Gasteiger charge is -2.27. The van der Waals surface area contributed by atoms with Gasteiger partial charge in [-0.3, -0.25) is 9.78 Å². The number of likely N-dealkylation sites (N-methyl/N-ethyl adjacent to an activating group) is 1. The Labute approximate surface area is 165 Å². The summed E-state index contributed by atoms with van der Waals surface area (Å²) in [5.41, 5.74) is 2.64. The third-order valence-corrected chi connectivity index (χ3v) is 5.89. The van der Waals surface area contributed by atoms with Crippen molar-refractivity contribution in [1.29, 1.82) is 0 Å². The van der Waals surface area contributed by atoms with Gasteiger partial charge in [-0.25, -0.2) is 9.97 Å². The maximum Gasteiger partial charge on any atom is 0.256 e. The van der Waals surface area contributed by atoms with Crippen molar-refractivity contribution in [3.8, 4) is 11.5 Å². The fraction of sp³-hybridized carbons (Fsp3) is 0.304. The van der Waals surface area contributed by atoms with Crippen molar-refractivity contribution >= 4 is 5.91 Å². The summed E-state index contributed by atoms with van der Waals surface area (Å²) in [4.78, 5) is 27.7. The molecule has 1 aliphatic rings. The molecule has 142 valence electrons. The van der Waals surface area contributed by atoms with E-state index in [9.17, 15) is 4.79 Å². The first-order chi connectivity index (χ1) is 13.4. The highest BCUT2D eigenvalue weighted by molar-refractivity contribution is 5.93. The van der Waals surface area contributed by atoms with Gasteiger partial charge in [0.2, 0.25) is 0 Å². The summed E-state index contributed by atoms with van der Waals surface area (Å²) < 4.78 is 0. The zero-order valence-corrected chi connectivity index (χ0v) is 16.5. The molecule has 1 saturated carbocycles. The zero-order valence-electron chi connectivity index (χ0n) is 16.5. The highest BCUT2D eigenvalue weighted by Crippen LogP contribution is 2.64. The molecule has 0 saturated heterocycles. The Morgan fingerprint density at radius 2 is 1.64 bits per heavy atom. The van der Waals surface area contributed by atoms with Crippen molar-refractivity contribution in [1.82, 2.24) is 19.9 Å². The third-order valence-electron chi connectivity index (χ3n) is 5.89. The number of carbonyl (C=O) groups excluding carboxylic acids is 1. The van der Waals surface area contributed by atoms with Crippen molar-refractivity contribution in [2.24, 2.45) is 5.41 Å². The molecule has 1 fully saturated rings. The summed E-state index contributed by atoms with van der Waals surface area (Å²) in [6.07, 6.45) is 5.94. The number of rotatable bonds is 5. The number of nitrogens with zero attached hydrogens (tertiary/aromatic N) is 4. The summed E-state index contributed by atoms with van der Waals surface area (Å²) in [6.45, 7) is 5.21. The van der Waals surface area contributed by atoms with E-state index in [1.807, 2.05) is 31.3 Å². The molecule has 0 spiro atoms. The van der Waals surface area contributed by atoms with E-state index < -0.39 is 0 Å². The Hall–Kier alpha value is -3.08. The second-order valence-electron chi connectivity index (χ2n) is 8.18. The molecule has 0 aliphatic heterocycles. The van der Waals surface area contributed by atoms with Gasteiger partial charge in [0.05, 0.1) is 5.56 Å². The van der Waals surface area contributed by atoms with Crippen LogP contribution in [0.1, 0.15) is 36.2 Å². The van der Waals surface area contributed by atoms with E-state index in [-0.39, 0.29) is 16.7 Å². The summed E-state index contributed by atoms with van der Waals surface area (Å²) in [7, 11) is 1.86. The van der Waals surface area contributed by atoms with E-state index in [0.717, 1.165) is 6.42 Å². The van der Waals surface area contributed by atoms with Gasteiger partial charge in [-0.05, 0) is 29.5 Å². The molecule has 5 heteroatoms. The molecule has 1 unspecified atom stereocenters. The molecule has 1 amide bonds. The van der Waals surface area contributed by atoms with Crippen molar-refractivity contribution in [2.45, 2.75) is 25.7 Å². The molecule has 4 rings (SSSR count). The molecule has 0 radical (unpaired) electrons. The highest BCUT2D eigenvalue weighted by atomic mass is 16.2. The van der Waals surface area contributed by atoms with Crippen LogP contribution in [0.25, 0.3) is 11.5 Å². The lowest BCUT2D eigenvalue weighted by Crippen LogP contribution is -2.36. The van der Waals surface area contributed by atoms with Crippen LogP contribution in [0.5, 0.6) is 0 Å². The zero-order chi connectivity index (χ0) is 19.8. The molecule has 5 nitrogen and oxygen atoms in total. The fourth-order valence-corrected chi connectivity index (χ4v) is 4.08. The van der Waals surface area contributed by atoms with E-state index in [0.29, 0.717) is 23.6 Å². The quantitative estimate of drug-likeness (QED) is 0.680. The number of carbonyl (C=O) groups is 1. The third kappa shape index (κ3) is 3.17. The van der Waals surface area contributed by atoms with Gasteiger partial charge < -0.3 is 4.90 Å². The summed E-state index contributed by atoms with van der Waals surface area (Å²) in [6, 6.07) is 16.1. The highest BCUT2D eigenvalue weighted by Gasteiger charge is 2.62. The van der Waals surface area contributed by atoms with Crippen molar-refractivity contribution in [3.63, 3.8) is 0 Å². The van der Waals surface area contributed by atoms with E-state index in [1.165, 1.54) is 5.56 Å². The Balaban J connectivity index is 1.52. The van der Waals surface area contributed by atoms with Gasteiger partial charge in [-0.1, -0.05) is 50.2 Å². The van der Waals surface area contributed by atoms with Crippen molar-refractivity contribution in [2.75, 3.05) is 13.6 Å². The van der Waals surface area contributed by atoms with Crippen LogP contribution in [-0.2, 0) is 5.41 Å². The number of amides is 1. The van der Waals surface area contributed by atoms with E-state index in [2.05, 4.69) is 53.1 Å². The van der Waals surface area contributed by atoms with Gasteiger partial charge in [-0.15, -0.1) is 0 Å². The molecular formula is C23H24N4O. The first kappa shape index (κ1) is 18.3. The normalized spacial score (nSPS) is 19.8. The number of pyridine rings is 1. The minimum atomic E-state index is -0.0643. The van der Waals surface area contributed by atoms with E-state index in [1.54, 1.807) is 23.5 Å². The topological polar surface area (TPSA) is 59.0 Å². The summed E-state index contributed by atoms with van der Waals surface area (Å²) in [5, 5.41) is 0. The summed E-state index contributed by atoms with van der Waals surface area (Å²) >= 11 is 0. The van der Waals surface area contributed by atoms with Crippen LogP contribution < -0.4 is 0 Å². The largest absolute Gasteiger partial charge is 0.341 e. The second kappa shape index (κ2) is 6.82. The minimum Gasteiger partial charge on any atom is -0.341 e. The number of hydrogen-bond acceptors (Lipinski definition) is 4. The smallest absolute Gasteiger partial charge is 0.256 e. The second-order valence-corrected chi connectivity index (χ2v) is 8.18. The average molecular weight is 372 g/mol. The van der Waals surface area contributed by atoms with Gasteiger partial charge in [0, 0.05) is 37.6 Å². The van der Waals surface area contributed by atoms with Gasteiger partial charge in [0.1, 0.15) is 5.69 Å². The lowest BCUT2D eigenvalue weighted by molar-refractivity contribution is 0.0774. The molecule has 1 atom stereocenters. The van der Waals surface area contributed by atoms with Crippen LogP contribution in [0, 0.1) is 5.41 Å². The minimum absolute atomic E-state index is 0.00652.